The summed E-state index contributed by atoms with van der Waals surface area (Å²) < 4.78 is 37.1. The molecule has 0 aromatic heterocycles. The van der Waals surface area contributed by atoms with Crippen LogP contribution in [0.4, 0.5) is 13.2 Å². The van der Waals surface area contributed by atoms with Gasteiger partial charge in [-0.1, -0.05) is 10.5 Å². The molecule has 1 rings (SSSR count). The van der Waals surface area contributed by atoms with E-state index >= 15 is 0 Å². The van der Waals surface area contributed by atoms with Crippen LogP contribution in [0.5, 0.6) is 0 Å². The molecule has 0 heterocycles. The minimum atomic E-state index is -1.37. The van der Waals surface area contributed by atoms with E-state index in [2.05, 4.69) is 0 Å². The summed E-state index contributed by atoms with van der Waals surface area (Å²) in [7, 11) is 0. The Bertz CT molecular complexity index is 237. The van der Waals surface area contributed by atoms with E-state index < -0.39 is 17.5 Å². The summed E-state index contributed by atoms with van der Waals surface area (Å²) in [4.78, 5) is 0. The second-order valence-electron chi connectivity index (χ2n) is 1.99. The minimum absolute atomic E-state index is 0. The second kappa shape index (κ2) is 2.65. The lowest BCUT2D eigenvalue weighted by atomic mass is 10.3. The summed E-state index contributed by atoms with van der Waals surface area (Å²) in [6.45, 7) is 0. The lowest BCUT2D eigenvalue weighted by Crippen LogP contribution is -2.11. The highest BCUT2D eigenvalue weighted by molar-refractivity contribution is 6.32. The fourth-order valence-corrected chi connectivity index (χ4v) is 1.01. The summed E-state index contributed by atoms with van der Waals surface area (Å²) >= 11 is 0.391. The van der Waals surface area contributed by atoms with Gasteiger partial charge in [-0.25, -0.2) is 13.2 Å². The fourth-order valence-electron chi connectivity index (χ4n) is 0.622. The van der Waals surface area contributed by atoms with Crippen LogP contribution in [0.15, 0.2) is 12.1 Å². The van der Waals surface area contributed by atoms with Crippen molar-refractivity contribution in [3.8, 4) is 0 Å². The molecule has 10 heavy (non-hydrogen) atoms. The minimum Gasteiger partial charge on any atom is -0.205 e. The van der Waals surface area contributed by atoms with E-state index in [0.29, 0.717) is 16.3 Å². The summed E-state index contributed by atoms with van der Waals surface area (Å²) in [6, 6.07) is 2.18. The van der Waals surface area contributed by atoms with Crippen LogP contribution in [0, 0.1) is 17.5 Å². The molecule has 0 saturated heterocycles. The van der Waals surface area contributed by atoms with E-state index in [9.17, 15) is 13.2 Å². The molecule has 0 bridgehead atoms. The molecule has 0 amide bonds. The lowest BCUT2D eigenvalue weighted by Gasteiger charge is -1.96. The Morgan fingerprint density at radius 1 is 1.10 bits per heavy atom. The first-order valence-electron chi connectivity index (χ1n) is 2.73. The van der Waals surface area contributed by atoms with Crippen molar-refractivity contribution in [2.75, 3.05) is 0 Å². The summed E-state index contributed by atoms with van der Waals surface area (Å²) in [5, 5.41) is 0. The maximum atomic E-state index is 12.4. The van der Waals surface area contributed by atoms with Crippen LogP contribution in [-0.2, 0) is 0 Å². The Hall–Kier alpha value is -0.458. The Morgan fingerprint density at radius 3 is 2.20 bits per heavy atom. The second-order valence-corrected chi connectivity index (χ2v) is 3.07. The molecule has 0 unspecified atom stereocenters. The molecular weight excluding hydrogens is 156 g/mol. The first-order valence-corrected chi connectivity index (χ1v) is 3.73. The van der Waals surface area contributed by atoms with Gasteiger partial charge in [0.05, 0.1) is 0 Å². The van der Waals surface area contributed by atoms with Gasteiger partial charge >= 0.3 is 0 Å². The summed E-state index contributed by atoms with van der Waals surface area (Å²) in [6.07, 6.45) is 0. The van der Waals surface area contributed by atoms with Gasteiger partial charge in [0.15, 0.2) is 11.6 Å². The standard InChI is InChI=1S/C6H2F3.Al.H2.2H/c7-4-2-1-3-5(8)6(4)9;;;;/h1-2H;;1H;;. The summed E-state index contributed by atoms with van der Waals surface area (Å²) in [5.74, 6) is -3.55. The molecule has 0 nitrogen and oxygen atoms in total. The molecule has 0 saturated carbocycles. The maximum absolute atomic E-state index is 12.4. The van der Waals surface area contributed by atoms with Gasteiger partial charge in [-0.2, -0.15) is 0 Å². The average Bonchev–Trinajstić information content (AvgIpc) is 1.93. The highest BCUT2D eigenvalue weighted by Gasteiger charge is 2.08. The van der Waals surface area contributed by atoms with E-state index in [1.807, 2.05) is 0 Å². The topological polar surface area (TPSA) is 0 Å². The maximum Gasteiger partial charge on any atom is 0.263 e. The van der Waals surface area contributed by atoms with Crippen LogP contribution >= 0.6 is 0 Å². The van der Waals surface area contributed by atoms with E-state index in [-0.39, 0.29) is 5.85 Å². The fraction of sp³-hybridized carbons (Fsp3) is 0. The Labute approximate surface area is 65.6 Å². The molecular formula is C6H6AlF3. The van der Waals surface area contributed by atoms with E-state index in [4.69, 9.17) is 0 Å². The van der Waals surface area contributed by atoms with Crippen molar-refractivity contribution in [2.24, 2.45) is 0 Å². The Kier molecular flexibility index (Phi) is 2.03. The third-order valence-corrected chi connectivity index (χ3v) is 2.00. The van der Waals surface area contributed by atoms with Crippen molar-refractivity contribution in [1.29, 1.82) is 0 Å². The van der Waals surface area contributed by atoms with Gasteiger partial charge in [-0.15, -0.1) is 0 Å². The van der Waals surface area contributed by atoms with Gasteiger partial charge in [0.2, 0.25) is 0 Å². The summed E-state index contributed by atoms with van der Waals surface area (Å²) in [5.41, 5.74) is 0. The first-order chi connectivity index (χ1) is 4.63. The molecule has 1 aromatic carbocycles. The van der Waals surface area contributed by atoms with Crippen LogP contribution in [0.2, 0.25) is 0 Å². The van der Waals surface area contributed by atoms with E-state index in [1.165, 1.54) is 6.07 Å². The zero-order chi connectivity index (χ0) is 7.72. The highest BCUT2D eigenvalue weighted by Crippen LogP contribution is 2.05. The van der Waals surface area contributed by atoms with Crippen molar-refractivity contribution >= 4 is 20.7 Å². The number of hydrogen-bond donors (Lipinski definition) is 0. The van der Waals surface area contributed by atoms with Crippen LogP contribution in [0.1, 0.15) is 1.43 Å². The van der Waals surface area contributed by atoms with Crippen LogP contribution in [-0.4, -0.2) is 16.3 Å². The van der Waals surface area contributed by atoms with Crippen molar-refractivity contribution in [3.05, 3.63) is 29.6 Å². The van der Waals surface area contributed by atoms with Gasteiger partial charge in [0.25, 0.3) is 16.3 Å². The molecule has 54 valence electrons. The van der Waals surface area contributed by atoms with Gasteiger partial charge < -0.3 is 0 Å². The number of halogens is 3. The van der Waals surface area contributed by atoms with Gasteiger partial charge in [0.1, 0.15) is 5.82 Å². The molecule has 0 spiro atoms. The molecule has 4 heteroatoms. The predicted molar refractivity (Wildman–Crippen MR) is 36.6 cm³/mol. The monoisotopic (exact) mass is 162 g/mol. The Balaban J connectivity index is 0.000001000. The number of rotatable bonds is 0. The zero-order valence-electron chi connectivity index (χ0n) is 5.29. The van der Waals surface area contributed by atoms with Crippen molar-refractivity contribution < 1.29 is 14.6 Å². The lowest BCUT2D eigenvalue weighted by molar-refractivity contribution is 0.451. The first kappa shape index (κ1) is 7.65. The van der Waals surface area contributed by atoms with E-state index in [1.54, 1.807) is 0 Å². The molecule has 0 aliphatic rings. The van der Waals surface area contributed by atoms with Crippen molar-refractivity contribution in [2.45, 2.75) is 0 Å². The van der Waals surface area contributed by atoms with Crippen LogP contribution in [0.3, 0.4) is 0 Å². The van der Waals surface area contributed by atoms with Crippen LogP contribution in [0.25, 0.3) is 0 Å². The largest absolute Gasteiger partial charge is 0.263 e. The SMILES string of the molecule is Fc1cc[c]([AlH2])c(F)c1F.[HH]. The molecule has 0 aliphatic heterocycles. The van der Waals surface area contributed by atoms with E-state index in [0.717, 1.165) is 6.07 Å². The average molecular weight is 162 g/mol. The number of benzene rings is 1. The smallest absolute Gasteiger partial charge is 0.205 e. The van der Waals surface area contributed by atoms with Crippen LogP contribution < -0.4 is 4.43 Å². The van der Waals surface area contributed by atoms with Gasteiger partial charge in [-0.3, -0.25) is 0 Å². The predicted octanol–water partition coefficient (Wildman–Crippen LogP) is 0.608. The Morgan fingerprint density at radius 2 is 1.70 bits per heavy atom. The van der Waals surface area contributed by atoms with Gasteiger partial charge in [-0.05, 0) is 6.07 Å². The molecule has 0 aliphatic carbocycles. The molecule has 0 atom stereocenters. The molecule has 0 fully saturated rings. The normalized spacial score (nSPS) is 9.90. The molecule has 1 aromatic rings. The van der Waals surface area contributed by atoms with Crippen molar-refractivity contribution in [1.82, 2.24) is 0 Å². The third kappa shape index (κ3) is 1.18. The molecule has 0 N–H and O–H groups in total. The van der Waals surface area contributed by atoms with Gasteiger partial charge in [0, 0.05) is 1.43 Å². The number of hydrogen-bond acceptors (Lipinski definition) is 0. The third-order valence-electron chi connectivity index (χ3n) is 1.23. The quantitative estimate of drug-likeness (QED) is 0.387. The molecule has 0 radical (unpaired) electrons. The zero-order valence-corrected chi connectivity index (χ0v) is 7.29. The highest BCUT2D eigenvalue weighted by atomic mass is 27.0. The van der Waals surface area contributed by atoms with Crippen molar-refractivity contribution in [3.63, 3.8) is 0 Å².